The van der Waals surface area contributed by atoms with Crippen LogP contribution in [0.4, 0.5) is 11.4 Å². The molecule has 21 heavy (non-hydrogen) atoms. The molecule has 0 aliphatic carbocycles. The third kappa shape index (κ3) is 3.11. The van der Waals surface area contributed by atoms with Crippen LogP contribution in [0.3, 0.4) is 0 Å². The van der Waals surface area contributed by atoms with Crippen molar-refractivity contribution in [2.45, 2.75) is 18.1 Å². The molecule has 8 nitrogen and oxygen atoms in total. The van der Waals surface area contributed by atoms with Crippen molar-refractivity contribution in [3.05, 3.63) is 49.2 Å². The highest BCUT2D eigenvalue weighted by molar-refractivity contribution is 7.94. The molecule has 2 rings (SSSR count). The van der Waals surface area contributed by atoms with E-state index in [1.165, 1.54) is 19.1 Å². The number of aryl methyl sites for hydroxylation is 2. The summed E-state index contributed by atoms with van der Waals surface area (Å²) in [5.74, 6) is 0. The Bertz CT molecular complexity index is 866. The van der Waals surface area contributed by atoms with Crippen LogP contribution in [0, 0.1) is 24.0 Å². The summed E-state index contributed by atoms with van der Waals surface area (Å²) in [4.78, 5) is 23.3. The SMILES string of the molecule is Cc1ccc(NS(=O)(=O)c2sc(=O)[nH]c2C)cc1[N+](=O)[O-]. The van der Waals surface area contributed by atoms with E-state index < -0.39 is 19.8 Å². The Morgan fingerprint density at radius 3 is 2.52 bits per heavy atom. The number of anilines is 1. The normalized spacial score (nSPS) is 11.3. The number of aromatic nitrogens is 1. The smallest absolute Gasteiger partial charge is 0.306 e. The highest BCUT2D eigenvalue weighted by Crippen LogP contribution is 2.25. The van der Waals surface area contributed by atoms with Gasteiger partial charge >= 0.3 is 4.87 Å². The molecule has 0 amide bonds. The van der Waals surface area contributed by atoms with E-state index in [0.717, 1.165) is 6.07 Å². The second-order valence-electron chi connectivity index (χ2n) is 4.29. The van der Waals surface area contributed by atoms with Crippen LogP contribution in [-0.4, -0.2) is 18.3 Å². The first-order chi connectivity index (χ1) is 9.70. The van der Waals surface area contributed by atoms with Gasteiger partial charge in [-0.2, -0.15) is 0 Å². The van der Waals surface area contributed by atoms with Crippen molar-refractivity contribution in [3.63, 3.8) is 0 Å². The molecule has 10 heteroatoms. The van der Waals surface area contributed by atoms with Crippen LogP contribution in [0.15, 0.2) is 27.2 Å². The molecule has 2 N–H and O–H groups in total. The number of rotatable bonds is 4. The Morgan fingerprint density at radius 2 is 2.00 bits per heavy atom. The summed E-state index contributed by atoms with van der Waals surface area (Å²) in [6, 6.07) is 4.00. The van der Waals surface area contributed by atoms with Gasteiger partial charge in [-0.3, -0.25) is 19.6 Å². The van der Waals surface area contributed by atoms with Crippen molar-refractivity contribution < 1.29 is 13.3 Å². The lowest BCUT2D eigenvalue weighted by atomic mass is 10.2. The molecule has 0 saturated heterocycles. The van der Waals surface area contributed by atoms with E-state index in [1.54, 1.807) is 6.92 Å². The van der Waals surface area contributed by atoms with E-state index in [4.69, 9.17) is 0 Å². The van der Waals surface area contributed by atoms with Crippen molar-refractivity contribution in [1.82, 2.24) is 4.98 Å². The van der Waals surface area contributed by atoms with Crippen LogP contribution in [-0.2, 0) is 10.0 Å². The number of nitro groups is 1. The summed E-state index contributed by atoms with van der Waals surface area (Å²) in [5, 5.41) is 10.9. The first-order valence-electron chi connectivity index (χ1n) is 5.68. The number of aromatic amines is 1. The van der Waals surface area contributed by atoms with Gasteiger partial charge in [-0.15, -0.1) is 0 Å². The molecule has 0 aliphatic heterocycles. The average molecular weight is 329 g/mol. The van der Waals surface area contributed by atoms with Crippen LogP contribution >= 0.6 is 11.3 Å². The molecular weight excluding hydrogens is 318 g/mol. The lowest BCUT2D eigenvalue weighted by molar-refractivity contribution is -0.385. The molecule has 0 saturated carbocycles. The predicted octanol–water partition coefficient (Wildman–Crippen LogP) is 1.76. The van der Waals surface area contributed by atoms with Gasteiger partial charge in [0, 0.05) is 17.3 Å². The molecule has 2 aromatic rings. The Labute approximate surface area is 123 Å². The second-order valence-corrected chi connectivity index (χ2v) is 7.15. The first-order valence-corrected chi connectivity index (χ1v) is 7.98. The molecule has 0 aliphatic rings. The Morgan fingerprint density at radius 1 is 1.33 bits per heavy atom. The summed E-state index contributed by atoms with van der Waals surface area (Å²) in [5.41, 5.74) is 0.520. The van der Waals surface area contributed by atoms with Crippen molar-refractivity contribution in [1.29, 1.82) is 0 Å². The maximum absolute atomic E-state index is 12.2. The van der Waals surface area contributed by atoms with Crippen molar-refractivity contribution in [2.24, 2.45) is 0 Å². The lowest BCUT2D eigenvalue weighted by Crippen LogP contribution is -2.13. The number of thiazole rings is 1. The van der Waals surface area contributed by atoms with Gasteiger partial charge in [0.15, 0.2) is 4.21 Å². The Kier molecular flexibility index (Phi) is 3.83. The summed E-state index contributed by atoms with van der Waals surface area (Å²) in [6.07, 6.45) is 0. The van der Waals surface area contributed by atoms with Crippen LogP contribution in [0.1, 0.15) is 11.3 Å². The highest BCUT2D eigenvalue weighted by Gasteiger charge is 2.22. The first kappa shape index (κ1) is 15.2. The monoisotopic (exact) mass is 329 g/mol. The lowest BCUT2D eigenvalue weighted by Gasteiger charge is -2.07. The van der Waals surface area contributed by atoms with Crippen LogP contribution in [0.2, 0.25) is 0 Å². The minimum absolute atomic E-state index is 0.0625. The maximum atomic E-state index is 12.2. The summed E-state index contributed by atoms with van der Waals surface area (Å²) in [7, 11) is -3.96. The average Bonchev–Trinajstić information content (AvgIpc) is 2.71. The molecule has 0 radical (unpaired) electrons. The van der Waals surface area contributed by atoms with Gasteiger partial charge in [-0.1, -0.05) is 17.4 Å². The summed E-state index contributed by atoms with van der Waals surface area (Å²) >= 11 is 0.559. The van der Waals surface area contributed by atoms with E-state index in [-0.39, 0.29) is 21.3 Å². The number of sulfonamides is 1. The van der Waals surface area contributed by atoms with Gasteiger partial charge in [0.25, 0.3) is 15.7 Å². The van der Waals surface area contributed by atoms with Crippen molar-refractivity contribution >= 4 is 32.7 Å². The number of H-pyrrole nitrogens is 1. The Balaban J connectivity index is 2.42. The summed E-state index contributed by atoms with van der Waals surface area (Å²) < 4.78 is 26.4. The van der Waals surface area contributed by atoms with Gasteiger partial charge in [0.1, 0.15) is 0 Å². The minimum atomic E-state index is -3.96. The molecular formula is C11H11N3O5S2. The number of benzene rings is 1. The topological polar surface area (TPSA) is 122 Å². The molecule has 0 unspecified atom stereocenters. The number of hydrogen-bond donors (Lipinski definition) is 2. The van der Waals surface area contributed by atoms with Gasteiger partial charge < -0.3 is 4.98 Å². The zero-order chi connectivity index (χ0) is 15.8. The van der Waals surface area contributed by atoms with Crippen molar-refractivity contribution in [3.8, 4) is 0 Å². The van der Waals surface area contributed by atoms with E-state index in [1.807, 2.05) is 0 Å². The third-order valence-corrected chi connectivity index (χ3v) is 5.67. The maximum Gasteiger partial charge on any atom is 0.306 e. The summed E-state index contributed by atoms with van der Waals surface area (Å²) in [6.45, 7) is 3.02. The zero-order valence-electron chi connectivity index (χ0n) is 11.0. The van der Waals surface area contributed by atoms with Crippen LogP contribution in [0.25, 0.3) is 0 Å². The molecule has 112 valence electrons. The fraction of sp³-hybridized carbons (Fsp3) is 0.182. The number of nitrogens with zero attached hydrogens (tertiary/aromatic N) is 1. The number of nitro benzene ring substituents is 1. The standard InChI is InChI=1S/C11H11N3O5S2/c1-6-3-4-8(5-9(6)14(16)17)13-21(18,19)10-7(2)12-11(15)20-10/h3-5,13H,1-2H3,(H,12,15). The van der Waals surface area contributed by atoms with E-state index in [2.05, 4.69) is 9.71 Å². The fourth-order valence-electron chi connectivity index (χ4n) is 1.72. The molecule has 1 aromatic carbocycles. The van der Waals surface area contributed by atoms with E-state index in [0.29, 0.717) is 16.9 Å². The molecule has 1 heterocycles. The van der Waals surface area contributed by atoms with Gasteiger partial charge in [0.2, 0.25) is 0 Å². The fourth-order valence-corrected chi connectivity index (χ4v) is 4.07. The van der Waals surface area contributed by atoms with Gasteiger partial charge in [-0.05, 0) is 19.9 Å². The molecule has 0 atom stereocenters. The molecule has 0 spiro atoms. The quantitative estimate of drug-likeness (QED) is 0.653. The third-order valence-electron chi connectivity index (χ3n) is 2.68. The molecule has 1 aromatic heterocycles. The van der Waals surface area contributed by atoms with Crippen LogP contribution < -0.4 is 9.60 Å². The molecule has 0 fully saturated rings. The highest BCUT2D eigenvalue weighted by atomic mass is 32.2. The van der Waals surface area contributed by atoms with E-state index >= 15 is 0 Å². The molecule has 0 bridgehead atoms. The Hall–Kier alpha value is -2.20. The predicted molar refractivity (Wildman–Crippen MR) is 78.3 cm³/mol. The van der Waals surface area contributed by atoms with E-state index in [9.17, 15) is 23.3 Å². The van der Waals surface area contributed by atoms with Crippen LogP contribution in [0.5, 0.6) is 0 Å². The largest absolute Gasteiger partial charge is 0.315 e. The number of hydrogen-bond acceptors (Lipinski definition) is 6. The van der Waals surface area contributed by atoms with Crippen molar-refractivity contribution in [2.75, 3.05) is 4.72 Å². The zero-order valence-corrected chi connectivity index (χ0v) is 12.7. The number of nitrogens with one attached hydrogen (secondary N) is 2. The van der Waals surface area contributed by atoms with Gasteiger partial charge in [0.05, 0.1) is 10.6 Å². The minimum Gasteiger partial charge on any atom is -0.315 e. The second kappa shape index (κ2) is 5.30. The van der Waals surface area contributed by atoms with Gasteiger partial charge in [-0.25, -0.2) is 8.42 Å².